The predicted molar refractivity (Wildman–Crippen MR) is 78.8 cm³/mol. The van der Waals surface area contributed by atoms with E-state index in [0.29, 0.717) is 15.4 Å². The second-order valence-electron chi connectivity index (χ2n) is 4.76. The van der Waals surface area contributed by atoms with Crippen LogP contribution in [0.1, 0.15) is 32.6 Å². The predicted octanol–water partition coefficient (Wildman–Crippen LogP) is 4.02. The van der Waals surface area contributed by atoms with E-state index in [-0.39, 0.29) is 9.62 Å². The van der Waals surface area contributed by atoms with E-state index in [4.69, 9.17) is 11.6 Å². The highest BCUT2D eigenvalue weighted by Crippen LogP contribution is 2.49. The smallest absolute Gasteiger partial charge is 0.210 e. The lowest BCUT2D eigenvalue weighted by atomic mass is 10.0. The van der Waals surface area contributed by atoms with Crippen molar-refractivity contribution in [3.8, 4) is 0 Å². The number of halogens is 2. The van der Waals surface area contributed by atoms with Crippen molar-refractivity contribution in [2.24, 2.45) is 5.41 Å². The molecule has 0 unspecified atom stereocenters. The lowest BCUT2D eigenvalue weighted by Crippen LogP contribution is -2.29. The van der Waals surface area contributed by atoms with Crippen LogP contribution in [-0.2, 0) is 10.0 Å². The van der Waals surface area contributed by atoms with Crippen LogP contribution in [0, 0.1) is 5.41 Å². The minimum atomic E-state index is -3.42. The molecule has 1 aliphatic carbocycles. The summed E-state index contributed by atoms with van der Waals surface area (Å²) in [6.45, 7) is 2.67. The molecule has 0 aromatic carbocycles. The third-order valence-electron chi connectivity index (χ3n) is 3.26. The number of rotatable bonds is 6. The molecule has 2 rings (SSSR count). The highest BCUT2D eigenvalue weighted by Gasteiger charge is 2.42. The summed E-state index contributed by atoms with van der Waals surface area (Å²) >= 11 is 10.2. The van der Waals surface area contributed by atoms with Crippen LogP contribution < -0.4 is 4.72 Å². The highest BCUT2D eigenvalue weighted by molar-refractivity contribution is 9.11. The molecule has 0 spiro atoms. The summed E-state index contributed by atoms with van der Waals surface area (Å²) in [5.74, 6) is 0. The van der Waals surface area contributed by atoms with Gasteiger partial charge in [0.25, 0.3) is 0 Å². The van der Waals surface area contributed by atoms with Crippen molar-refractivity contribution in [3.63, 3.8) is 0 Å². The molecule has 1 heterocycles. The second kappa shape index (κ2) is 5.40. The van der Waals surface area contributed by atoms with Gasteiger partial charge in [0.15, 0.2) is 0 Å². The Bertz CT molecular complexity index is 518. The average Bonchev–Trinajstić information content (AvgIpc) is 2.98. The van der Waals surface area contributed by atoms with Gasteiger partial charge in [-0.3, -0.25) is 0 Å². The van der Waals surface area contributed by atoms with E-state index in [1.807, 2.05) is 0 Å². The summed E-state index contributed by atoms with van der Waals surface area (Å²) in [5.41, 5.74) is 0.208. The summed E-state index contributed by atoms with van der Waals surface area (Å²) in [5, 5.41) is 0.440. The fraction of sp³-hybridized carbons (Fsp3) is 0.636. The normalized spacial score (nSPS) is 17.9. The van der Waals surface area contributed by atoms with Crippen molar-refractivity contribution >= 4 is 48.9 Å². The Kier molecular flexibility index (Phi) is 4.44. The molecular formula is C11H15BrClNO2S2. The molecular weight excluding hydrogens is 358 g/mol. The van der Waals surface area contributed by atoms with Crippen molar-refractivity contribution in [2.75, 3.05) is 6.54 Å². The Balaban J connectivity index is 2.04. The van der Waals surface area contributed by atoms with E-state index in [1.54, 1.807) is 0 Å². The Morgan fingerprint density at radius 3 is 2.67 bits per heavy atom. The van der Waals surface area contributed by atoms with Crippen LogP contribution in [0.5, 0.6) is 0 Å². The Morgan fingerprint density at radius 1 is 1.56 bits per heavy atom. The molecule has 1 aliphatic rings. The SMILES string of the molecule is CCCC1(CNS(=O)(=O)c2cc(Cl)c(Br)s2)CC1. The van der Waals surface area contributed by atoms with Crippen LogP contribution in [0.2, 0.25) is 5.02 Å². The molecule has 1 fully saturated rings. The van der Waals surface area contributed by atoms with Crippen molar-refractivity contribution in [3.05, 3.63) is 14.9 Å². The van der Waals surface area contributed by atoms with Crippen molar-refractivity contribution < 1.29 is 8.42 Å². The summed E-state index contributed by atoms with van der Waals surface area (Å²) in [6.07, 6.45) is 4.43. The van der Waals surface area contributed by atoms with E-state index in [0.717, 1.165) is 37.0 Å². The molecule has 0 aliphatic heterocycles. The van der Waals surface area contributed by atoms with Crippen LogP contribution in [-0.4, -0.2) is 15.0 Å². The Morgan fingerprint density at radius 2 is 2.22 bits per heavy atom. The summed E-state index contributed by atoms with van der Waals surface area (Å²) in [6, 6.07) is 1.48. The number of sulfonamides is 1. The molecule has 18 heavy (non-hydrogen) atoms. The lowest BCUT2D eigenvalue weighted by Gasteiger charge is -2.14. The Hall–Kier alpha value is 0.380. The molecule has 1 aromatic rings. The van der Waals surface area contributed by atoms with Crippen LogP contribution in [0.25, 0.3) is 0 Å². The van der Waals surface area contributed by atoms with E-state index in [1.165, 1.54) is 6.07 Å². The molecule has 1 N–H and O–H groups in total. The Labute approximate surface area is 125 Å². The summed E-state index contributed by atoms with van der Waals surface area (Å²) in [4.78, 5) is 0. The molecule has 3 nitrogen and oxygen atoms in total. The zero-order chi connectivity index (χ0) is 13.4. The zero-order valence-corrected chi connectivity index (χ0v) is 14.0. The van der Waals surface area contributed by atoms with Gasteiger partial charge >= 0.3 is 0 Å². The van der Waals surface area contributed by atoms with Gasteiger partial charge in [-0.05, 0) is 46.7 Å². The maximum atomic E-state index is 12.1. The number of thiophene rings is 1. The lowest BCUT2D eigenvalue weighted by molar-refractivity contribution is 0.449. The second-order valence-corrected chi connectivity index (χ2v) is 9.53. The summed E-state index contributed by atoms with van der Waals surface area (Å²) < 4.78 is 27.8. The fourth-order valence-corrected chi connectivity index (χ4v) is 5.60. The van der Waals surface area contributed by atoms with E-state index >= 15 is 0 Å². The maximum absolute atomic E-state index is 12.1. The zero-order valence-electron chi connectivity index (χ0n) is 10.0. The van der Waals surface area contributed by atoms with Crippen molar-refractivity contribution in [2.45, 2.75) is 36.8 Å². The number of hydrogen-bond acceptors (Lipinski definition) is 3. The standard InChI is InChI=1S/C11H15BrClNO2S2/c1-2-3-11(4-5-11)7-14-18(15,16)9-6-8(13)10(12)17-9/h6,14H,2-5,7H2,1H3. The quantitative estimate of drug-likeness (QED) is 0.819. The van der Waals surface area contributed by atoms with Gasteiger partial charge < -0.3 is 0 Å². The van der Waals surface area contributed by atoms with Gasteiger partial charge in [0.05, 0.1) is 8.81 Å². The van der Waals surface area contributed by atoms with E-state index in [2.05, 4.69) is 27.6 Å². The first kappa shape index (κ1) is 14.8. The molecule has 1 saturated carbocycles. The minimum Gasteiger partial charge on any atom is -0.210 e. The van der Waals surface area contributed by atoms with Crippen molar-refractivity contribution in [1.82, 2.24) is 4.72 Å². The average molecular weight is 373 g/mol. The molecule has 102 valence electrons. The molecule has 0 bridgehead atoms. The van der Waals surface area contributed by atoms with Crippen molar-refractivity contribution in [1.29, 1.82) is 0 Å². The third kappa shape index (κ3) is 3.28. The van der Waals surface area contributed by atoms with Gasteiger partial charge in [-0.25, -0.2) is 13.1 Å². The molecule has 0 saturated heterocycles. The largest absolute Gasteiger partial charge is 0.250 e. The van der Waals surface area contributed by atoms with E-state index in [9.17, 15) is 8.42 Å². The van der Waals surface area contributed by atoms with Crippen LogP contribution in [0.15, 0.2) is 14.1 Å². The first-order valence-electron chi connectivity index (χ1n) is 5.83. The van der Waals surface area contributed by atoms with Gasteiger partial charge in [0.2, 0.25) is 10.0 Å². The third-order valence-corrected chi connectivity index (χ3v) is 7.61. The minimum absolute atomic E-state index is 0.208. The van der Waals surface area contributed by atoms with Gasteiger partial charge in [-0.1, -0.05) is 24.9 Å². The van der Waals surface area contributed by atoms with Gasteiger partial charge in [0, 0.05) is 6.54 Å². The number of hydrogen-bond donors (Lipinski definition) is 1. The first-order valence-corrected chi connectivity index (χ1v) is 9.30. The van der Waals surface area contributed by atoms with Crippen LogP contribution >= 0.6 is 38.9 Å². The molecule has 0 atom stereocenters. The molecule has 0 amide bonds. The molecule has 7 heteroatoms. The van der Waals surface area contributed by atoms with E-state index < -0.39 is 10.0 Å². The topological polar surface area (TPSA) is 46.2 Å². The molecule has 1 aromatic heterocycles. The maximum Gasteiger partial charge on any atom is 0.250 e. The summed E-state index contributed by atoms with van der Waals surface area (Å²) in [7, 11) is -3.42. The molecule has 0 radical (unpaired) electrons. The highest BCUT2D eigenvalue weighted by atomic mass is 79.9. The monoisotopic (exact) mass is 371 g/mol. The van der Waals surface area contributed by atoms with Crippen LogP contribution in [0.4, 0.5) is 0 Å². The van der Waals surface area contributed by atoms with Gasteiger partial charge in [0.1, 0.15) is 4.21 Å². The number of nitrogens with one attached hydrogen (secondary N) is 1. The van der Waals surface area contributed by atoms with Gasteiger partial charge in [-0.15, -0.1) is 11.3 Å². The fourth-order valence-electron chi connectivity index (χ4n) is 2.00. The van der Waals surface area contributed by atoms with Gasteiger partial charge in [-0.2, -0.15) is 0 Å². The van der Waals surface area contributed by atoms with Crippen LogP contribution in [0.3, 0.4) is 0 Å². The first-order chi connectivity index (χ1) is 8.38.